The lowest BCUT2D eigenvalue weighted by Crippen LogP contribution is -2.36. The zero-order chi connectivity index (χ0) is 16.1. The van der Waals surface area contributed by atoms with Crippen molar-refractivity contribution in [3.8, 4) is 11.5 Å². The average Bonchev–Trinajstić information content (AvgIpc) is 2.88. The Morgan fingerprint density at radius 2 is 2.09 bits per heavy atom. The lowest BCUT2D eigenvalue weighted by atomic mass is 10.1. The van der Waals surface area contributed by atoms with E-state index >= 15 is 0 Å². The summed E-state index contributed by atoms with van der Waals surface area (Å²) < 4.78 is 10.8. The Balaban J connectivity index is 2.37. The van der Waals surface area contributed by atoms with E-state index in [-0.39, 0.29) is 16.5 Å². The van der Waals surface area contributed by atoms with Gasteiger partial charge in [-0.2, -0.15) is 0 Å². The van der Waals surface area contributed by atoms with Crippen LogP contribution >= 0.6 is 11.8 Å². The minimum absolute atomic E-state index is 0.0118. The summed E-state index contributed by atoms with van der Waals surface area (Å²) in [5.74, 6) is 1.77. The summed E-state index contributed by atoms with van der Waals surface area (Å²) in [6.45, 7) is 3.51. The number of hydrogen-bond donors (Lipinski definition) is 1. The molecule has 0 saturated carbocycles. The van der Waals surface area contributed by atoms with Gasteiger partial charge in [0.05, 0.1) is 19.5 Å². The summed E-state index contributed by atoms with van der Waals surface area (Å²) in [4.78, 5) is 14.5. The molecule has 0 bridgehead atoms. The number of amides is 1. The first kappa shape index (κ1) is 17.0. The molecule has 2 atom stereocenters. The van der Waals surface area contributed by atoms with Crippen molar-refractivity contribution in [3.63, 3.8) is 0 Å². The minimum Gasteiger partial charge on any atom is -0.497 e. The Morgan fingerprint density at radius 3 is 2.68 bits per heavy atom. The zero-order valence-electron chi connectivity index (χ0n) is 13.6. The van der Waals surface area contributed by atoms with Crippen LogP contribution in [0.1, 0.15) is 24.3 Å². The van der Waals surface area contributed by atoms with Crippen LogP contribution in [0, 0.1) is 0 Å². The number of nitrogens with one attached hydrogen (secondary N) is 1. The van der Waals surface area contributed by atoms with Crippen LogP contribution in [0.25, 0.3) is 0 Å². The van der Waals surface area contributed by atoms with Crippen molar-refractivity contribution in [2.45, 2.75) is 24.0 Å². The summed E-state index contributed by atoms with van der Waals surface area (Å²) in [5.41, 5.74) is 0.993. The van der Waals surface area contributed by atoms with Gasteiger partial charge in [-0.1, -0.05) is 6.92 Å². The van der Waals surface area contributed by atoms with Crippen molar-refractivity contribution in [2.24, 2.45) is 0 Å². The zero-order valence-corrected chi connectivity index (χ0v) is 14.4. The van der Waals surface area contributed by atoms with Crippen LogP contribution in [0.2, 0.25) is 0 Å². The minimum atomic E-state index is -0.0316. The number of carbonyl (C=O) groups is 1. The first-order valence-electron chi connectivity index (χ1n) is 7.48. The van der Waals surface area contributed by atoms with Gasteiger partial charge in [0.2, 0.25) is 5.91 Å². The van der Waals surface area contributed by atoms with Crippen LogP contribution in [-0.4, -0.2) is 50.4 Å². The van der Waals surface area contributed by atoms with Crippen LogP contribution in [0.5, 0.6) is 11.5 Å². The van der Waals surface area contributed by atoms with Crippen LogP contribution in [-0.2, 0) is 4.79 Å². The van der Waals surface area contributed by atoms with Crippen molar-refractivity contribution in [3.05, 3.63) is 23.8 Å². The number of methoxy groups -OCH3 is 2. The molecule has 1 aromatic rings. The SMILES string of the molecule is CC[C@H]1S[C@@H](c2cc(OC)ccc2OC)N(CCNC)C1=O. The molecule has 22 heavy (non-hydrogen) atoms. The topological polar surface area (TPSA) is 50.8 Å². The van der Waals surface area contributed by atoms with E-state index in [1.807, 2.05) is 30.1 Å². The predicted octanol–water partition coefficient (Wildman–Crippen LogP) is 2.28. The maximum Gasteiger partial charge on any atom is 0.236 e. The molecular weight excluding hydrogens is 300 g/mol. The number of thioether (sulfide) groups is 1. The molecule has 1 amide bonds. The second-order valence-electron chi connectivity index (χ2n) is 5.13. The third kappa shape index (κ3) is 3.33. The standard InChI is InChI=1S/C16H24N2O3S/c1-5-14-15(19)18(9-8-17-2)16(22-14)12-10-11(20-3)6-7-13(12)21-4/h6-7,10,14,16-17H,5,8-9H2,1-4H3/t14-,16+/m1/s1. The molecule has 0 unspecified atom stereocenters. The molecule has 5 nitrogen and oxygen atoms in total. The molecule has 1 aliphatic rings. The highest BCUT2D eigenvalue weighted by Crippen LogP contribution is 2.47. The van der Waals surface area contributed by atoms with Crippen LogP contribution in [0.15, 0.2) is 18.2 Å². The van der Waals surface area contributed by atoms with Crippen molar-refractivity contribution in [2.75, 3.05) is 34.4 Å². The summed E-state index contributed by atoms with van der Waals surface area (Å²) in [5, 5.41) is 3.09. The van der Waals surface area contributed by atoms with Crippen molar-refractivity contribution in [1.82, 2.24) is 10.2 Å². The molecule has 1 aliphatic heterocycles. The van der Waals surface area contributed by atoms with E-state index in [1.165, 1.54) is 0 Å². The Bertz CT molecular complexity index is 524. The van der Waals surface area contributed by atoms with Gasteiger partial charge in [-0.3, -0.25) is 4.79 Å². The van der Waals surface area contributed by atoms with E-state index in [0.29, 0.717) is 6.54 Å². The second kappa shape index (κ2) is 7.74. The van der Waals surface area contributed by atoms with Crippen molar-refractivity contribution in [1.29, 1.82) is 0 Å². The van der Waals surface area contributed by atoms with Gasteiger partial charge in [-0.25, -0.2) is 0 Å². The van der Waals surface area contributed by atoms with Gasteiger partial charge in [0.1, 0.15) is 16.9 Å². The van der Waals surface area contributed by atoms with Gasteiger partial charge in [0.15, 0.2) is 0 Å². The molecule has 1 fully saturated rings. The first-order valence-corrected chi connectivity index (χ1v) is 8.43. The molecule has 6 heteroatoms. The molecule has 1 N–H and O–H groups in total. The van der Waals surface area contributed by atoms with Gasteiger partial charge in [0.25, 0.3) is 0 Å². The fourth-order valence-corrected chi connectivity index (χ4v) is 4.03. The Labute approximate surface area is 136 Å². The van der Waals surface area contributed by atoms with Gasteiger partial charge in [-0.05, 0) is 31.7 Å². The maximum atomic E-state index is 12.6. The third-order valence-electron chi connectivity index (χ3n) is 3.81. The maximum absolute atomic E-state index is 12.6. The van der Waals surface area contributed by atoms with Gasteiger partial charge in [-0.15, -0.1) is 11.8 Å². The lowest BCUT2D eigenvalue weighted by molar-refractivity contribution is -0.130. The summed E-state index contributed by atoms with van der Waals surface area (Å²) in [6.07, 6.45) is 0.836. The van der Waals surface area contributed by atoms with Gasteiger partial charge < -0.3 is 19.7 Å². The van der Waals surface area contributed by atoms with Crippen LogP contribution < -0.4 is 14.8 Å². The third-order valence-corrected chi connectivity index (χ3v) is 5.44. The molecule has 1 heterocycles. The highest BCUT2D eigenvalue weighted by Gasteiger charge is 2.40. The first-order chi connectivity index (χ1) is 10.7. The highest BCUT2D eigenvalue weighted by atomic mass is 32.2. The largest absolute Gasteiger partial charge is 0.497 e. The average molecular weight is 324 g/mol. The molecule has 2 rings (SSSR count). The van der Waals surface area contributed by atoms with Gasteiger partial charge >= 0.3 is 0 Å². The van der Waals surface area contributed by atoms with E-state index in [2.05, 4.69) is 12.2 Å². The summed E-state index contributed by atoms with van der Waals surface area (Å²) in [7, 11) is 5.19. The Kier molecular flexibility index (Phi) is 5.97. The quantitative estimate of drug-likeness (QED) is 0.834. The number of rotatable bonds is 7. The smallest absolute Gasteiger partial charge is 0.236 e. The fourth-order valence-electron chi connectivity index (χ4n) is 2.59. The number of benzene rings is 1. The van der Waals surface area contributed by atoms with Crippen molar-refractivity contribution >= 4 is 17.7 Å². The number of nitrogens with zero attached hydrogens (tertiary/aromatic N) is 1. The highest BCUT2D eigenvalue weighted by molar-refractivity contribution is 8.01. The molecule has 0 aliphatic carbocycles. The second-order valence-corrected chi connectivity index (χ2v) is 6.42. The molecule has 1 saturated heterocycles. The Hall–Kier alpha value is -1.40. The van der Waals surface area contributed by atoms with Crippen LogP contribution in [0.3, 0.4) is 0 Å². The van der Waals surface area contributed by atoms with E-state index in [9.17, 15) is 4.79 Å². The van der Waals surface area contributed by atoms with E-state index in [1.54, 1.807) is 26.0 Å². The molecule has 0 spiro atoms. The number of likely N-dealkylation sites (N-methyl/N-ethyl adjacent to an activating group) is 1. The number of carbonyl (C=O) groups excluding carboxylic acids is 1. The summed E-state index contributed by atoms with van der Waals surface area (Å²) >= 11 is 1.69. The molecule has 1 aromatic carbocycles. The predicted molar refractivity (Wildman–Crippen MR) is 89.6 cm³/mol. The molecular formula is C16H24N2O3S. The number of hydrogen-bond acceptors (Lipinski definition) is 5. The normalized spacial score (nSPS) is 21.3. The van der Waals surface area contributed by atoms with E-state index in [0.717, 1.165) is 30.0 Å². The van der Waals surface area contributed by atoms with Crippen LogP contribution in [0.4, 0.5) is 0 Å². The molecule has 0 aromatic heterocycles. The van der Waals surface area contributed by atoms with Gasteiger partial charge in [0, 0.05) is 18.7 Å². The lowest BCUT2D eigenvalue weighted by Gasteiger charge is -2.25. The fraction of sp³-hybridized carbons (Fsp3) is 0.562. The monoisotopic (exact) mass is 324 g/mol. The van der Waals surface area contributed by atoms with E-state index < -0.39 is 0 Å². The van der Waals surface area contributed by atoms with E-state index in [4.69, 9.17) is 9.47 Å². The number of ether oxygens (including phenoxy) is 2. The Morgan fingerprint density at radius 1 is 1.32 bits per heavy atom. The molecule has 0 radical (unpaired) electrons. The molecule has 122 valence electrons. The summed E-state index contributed by atoms with van der Waals surface area (Å²) in [6, 6.07) is 5.74. The van der Waals surface area contributed by atoms with Crippen molar-refractivity contribution < 1.29 is 14.3 Å².